The maximum atomic E-state index is 13.9. The van der Waals surface area contributed by atoms with Gasteiger partial charge in [-0.3, -0.25) is 10.1 Å². The number of nitrogens with zero attached hydrogens (tertiary/aromatic N) is 1. The van der Waals surface area contributed by atoms with E-state index in [1.54, 1.807) is 38.1 Å². The lowest BCUT2D eigenvalue weighted by Gasteiger charge is -2.26. The van der Waals surface area contributed by atoms with Gasteiger partial charge in [0.15, 0.2) is 11.6 Å². The zero-order valence-electron chi connectivity index (χ0n) is 18.4. The standard InChI is InChI=1S/C22H30FN3O5S/c1-22(2)20(27)25-21(28)26(22)12-4-3-5-13-32(29,30)24-11-10-16-8-9-18(23)19(14-16)31-15-17-6-7-17/h3-4,8-9,14,17,24H,5-7,10-13,15H2,1-2H3,(H,25,27,28)/b4-3+. The molecule has 1 aromatic rings. The Morgan fingerprint density at radius 1 is 1.28 bits per heavy atom. The Morgan fingerprint density at radius 2 is 2.03 bits per heavy atom. The lowest BCUT2D eigenvalue weighted by Crippen LogP contribution is -2.44. The van der Waals surface area contributed by atoms with Crippen LogP contribution in [0.2, 0.25) is 0 Å². The molecule has 8 nitrogen and oxygen atoms in total. The van der Waals surface area contributed by atoms with Gasteiger partial charge in [0, 0.05) is 13.1 Å². The van der Waals surface area contributed by atoms with E-state index in [1.807, 2.05) is 0 Å². The number of allylic oxidation sites excluding steroid dienone is 1. The van der Waals surface area contributed by atoms with Crippen LogP contribution < -0.4 is 14.8 Å². The molecule has 3 amide bonds. The third kappa shape index (κ3) is 6.52. The number of ether oxygens (including phenoxy) is 1. The number of hydrogen-bond donors (Lipinski definition) is 2. The highest BCUT2D eigenvalue weighted by molar-refractivity contribution is 7.89. The monoisotopic (exact) mass is 467 g/mol. The third-order valence-electron chi connectivity index (χ3n) is 5.61. The number of nitrogens with one attached hydrogen (secondary N) is 2. The molecule has 0 bridgehead atoms. The number of halogens is 1. The molecule has 0 spiro atoms. The molecular weight excluding hydrogens is 437 g/mol. The van der Waals surface area contributed by atoms with Crippen molar-refractivity contribution in [2.24, 2.45) is 5.92 Å². The SMILES string of the molecule is CC1(C)C(=O)NC(=O)N1C/C=C/CCS(=O)(=O)NCCc1ccc(F)c(OCC2CC2)c1. The molecular formula is C22H30FN3O5S. The van der Waals surface area contributed by atoms with Crippen molar-refractivity contribution >= 4 is 22.0 Å². The summed E-state index contributed by atoms with van der Waals surface area (Å²) >= 11 is 0. The Hall–Kier alpha value is -2.46. The van der Waals surface area contributed by atoms with Crippen LogP contribution in [0, 0.1) is 11.7 Å². The summed E-state index contributed by atoms with van der Waals surface area (Å²) < 4.78 is 46.3. The molecule has 0 aromatic heterocycles. The average molecular weight is 468 g/mol. The van der Waals surface area contributed by atoms with Gasteiger partial charge in [-0.25, -0.2) is 22.3 Å². The van der Waals surface area contributed by atoms with Crippen LogP contribution in [0.1, 0.15) is 38.7 Å². The van der Waals surface area contributed by atoms with E-state index < -0.39 is 27.4 Å². The Kier molecular flexibility index (Phi) is 7.55. The molecule has 1 aliphatic heterocycles. The van der Waals surface area contributed by atoms with Crippen molar-refractivity contribution in [3.05, 3.63) is 41.7 Å². The van der Waals surface area contributed by atoms with E-state index in [-0.39, 0.29) is 36.9 Å². The molecule has 2 fully saturated rings. The maximum absolute atomic E-state index is 13.9. The van der Waals surface area contributed by atoms with Crippen LogP contribution in [-0.4, -0.2) is 56.2 Å². The van der Waals surface area contributed by atoms with Gasteiger partial charge in [0.05, 0.1) is 12.4 Å². The van der Waals surface area contributed by atoms with Crippen molar-refractivity contribution in [3.63, 3.8) is 0 Å². The molecule has 1 aliphatic carbocycles. The Balaban J connectivity index is 1.39. The minimum Gasteiger partial charge on any atom is -0.490 e. The van der Waals surface area contributed by atoms with Crippen LogP contribution in [-0.2, 0) is 21.2 Å². The lowest BCUT2D eigenvalue weighted by molar-refractivity contribution is -0.124. The molecule has 0 radical (unpaired) electrons. The molecule has 2 N–H and O–H groups in total. The Bertz CT molecular complexity index is 989. The zero-order chi connectivity index (χ0) is 23.4. The average Bonchev–Trinajstić information content (AvgIpc) is 3.51. The van der Waals surface area contributed by atoms with Gasteiger partial charge in [0.25, 0.3) is 5.91 Å². The van der Waals surface area contributed by atoms with Crippen molar-refractivity contribution in [1.82, 2.24) is 14.9 Å². The van der Waals surface area contributed by atoms with Gasteiger partial charge in [-0.1, -0.05) is 18.2 Å². The fraction of sp³-hybridized carbons (Fsp3) is 0.545. The summed E-state index contributed by atoms with van der Waals surface area (Å²) in [6.07, 6.45) is 6.27. The summed E-state index contributed by atoms with van der Waals surface area (Å²) in [7, 11) is -3.48. The normalized spacial score (nSPS) is 18.4. The van der Waals surface area contributed by atoms with E-state index in [0.717, 1.165) is 18.4 Å². The smallest absolute Gasteiger partial charge is 0.325 e. The summed E-state index contributed by atoms with van der Waals surface area (Å²) in [6.45, 7) is 4.23. The molecule has 176 valence electrons. The summed E-state index contributed by atoms with van der Waals surface area (Å²) in [4.78, 5) is 24.9. The second-order valence-electron chi connectivity index (χ2n) is 8.67. The number of rotatable bonds is 12. The minimum atomic E-state index is -3.48. The molecule has 0 atom stereocenters. The fourth-order valence-corrected chi connectivity index (χ4v) is 4.26. The van der Waals surface area contributed by atoms with Crippen LogP contribution in [0.4, 0.5) is 9.18 Å². The van der Waals surface area contributed by atoms with Crippen LogP contribution >= 0.6 is 0 Å². The Labute approximate surface area is 188 Å². The third-order valence-corrected chi connectivity index (χ3v) is 7.02. The predicted molar refractivity (Wildman–Crippen MR) is 118 cm³/mol. The highest BCUT2D eigenvalue weighted by Gasteiger charge is 2.44. The molecule has 1 saturated heterocycles. The highest BCUT2D eigenvalue weighted by atomic mass is 32.2. The number of carbonyl (C=O) groups excluding carboxylic acids is 2. The maximum Gasteiger partial charge on any atom is 0.325 e. The van der Waals surface area contributed by atoms with Crippen molar-refractivity contribution in [3.8, 4) is 5.75 Å². The molecule has 3 rings (SSSR count). The Morgan fingerprint density at radius 3 is 2.69 bits per heavy atom. The minimum absolute atomic E-state index is 0.100. The second kappa shape index (κ2) is 9.99. The van der Waals surface area contributed by atoms with Gasteiger partial charge >= 0.3 is 6.03 Å². The molecule has 1 saturated carbocycles. The molecule has 2 aliphatic rings. The largest absolute Gasteiger partial charge is 0.490 e. The van der Waals surface area contributed by atoms with Crippen LogP contribution in [0.15, 0.2) is 30.4 Å². The zero-order valence-corrected chi connectivity index (χ0v) is 19.2. The topological polar surface area (TPSA) is 105 Å². The van der Waals surface area contributed by atoms with E-state index in [0.29, 0.717) is 18.9 Å². The van der Waals surface area contributed by atoms with E-state index >= 15 is 0 Å². The van der Waals surface area contributed by atoms with Crippen molar-refractivity contribution in [2.75, 3.05) is 25.4 Å². The van der Waals surface area contributed by atoms with Gasteiger partial charge in [0.2, 0.25) is 10.0 Å². The van der Waals surface area contributed by atoms with Crippen molar-refractivity contribution in [1.29, 1.82) is 0 Å². The number of benzene rings is 1. The molecule has 0 unspecified atom stereocenters. The first-order valence-electron chi connectivity index (χ1n) is 10.7. The van der Waals surface area contributed by atoms with Crippen LogP contribution in [0.5, 0.6) is 5.75 Å². The summed E-state index contributed by atoms with van der Waals surface area (Å²) in [6, 6.07) is 4.12. The van der Waals surface area contributed by atoms with E-state index in [9.17, 15) is 22.4 Å². The van der Waals surface area contributed by atoms with Gasteiger partial charge in [-0.05, 0) is 63.1 Å². The molecule has 1 aromatic carbocycles. The highest BCUT2D eigenvalue weighted by Crippen LogP contribution is 2.30. The fourth-order valence-electron chi connectivity index (χ4n) is 3.26. The van der Waals surface area contributed by atoms with Gasteiger partial charge < -0.3 is 9.64 Å². The van der Waals surface area contributed by atoms with Crippen LogP contribution in [0.25, 0.3) is 0 Å². The summed E-state index contributed by atoms with van der Waals surface area (Å²) in [5.41, 5.74) is -0.140. The number of carbonyl (C=O) groups is 2. The number of imide groups is 1. The quantitative estimate of drug-likeness (QED) is 0.363. The van der Waals surface area contributed by atoms with E-state index in [4.69, 9.17) is 4.74 Å². The van der Waals surface area contributed by atoms with Crippen molar-refractivity contribution < 1.29 is 27.1 Å². The van der Waals surface area contributed by atoms with E-state index in [1.165, 1.54) is 11.0 Å². The summed E-state index contributed by atoms with van der Waals surface area (Å²) in [5, 5.41) is 2.26. The van der Waals surface area contributed by atoms with Gasteiger partial charge in [-0.2, -0.15) is 0 Å². The molecule has 1 heterocycles. The van der Waals surface area contributed by atoms with Gasteiger partial charge in [0.1, 0.15) is 5.54 Å². The first-order valence-corrected chi connectivity index (χ1v) is 12.4. The number of amides is 3. The van der Waals surface area contributed by atoms with Crippen LogP contribution in [0.3, 0.4) is 0 Å². The summed E-state index contributed by atoms with van der Waals surface area (Å²) in [5.74, 6) is -0.150. The number of hydrogen-bond acceptors (Lipinski definition) is 5. The second-order valence-corrected chi connectivity index (χ2v) is 10.6. The first kappa shape index (κ1) is 24.2. The number of sulfonamides is 1. The predicted octanol–water partition coefficient (Wildman–Crippen LogP) is 2.35. The van der Waals surface area contributed by atoms with Gasteiger partial charge in [-0.15, -0.1) is 0 Å². The number of urea groups is 1. The lowest BCUT2D eigenvalue weighted by atomic mass is 10.0. The first-order chi connectivity index (χ1) is 15.1. The van der Waals surface area contributed by atoms with Crippen molar-refractivity contribution in [2.45, 2.75) is 45.1 Å². The molecule has 32 heavy (non-hydrogen) atoms. The molecule has 10 heteroatoms. The van der Waals surface area contributed by atoms with E-state index in [2.05, 4.69) is 10.0 Å².